The van der Waals surface area contributed by atoms with Crippen molar-refractivity contribution in [3.63, 3.8) is 0 Å². The van der Waals surface area contributed by atoms with Crippen molar-refractivity contribution in [3.05, 3.63) is 65.7 Å². The molecule has 0 saturated carbocycles. The van der Waals surface area contributed by atoms with E-state index in [9.17, 15) is 9.90 Å². The van der Waals surface area contributed by atoms with Crippen LogP contribution in [-0.2, 0) is 17.0 Å². The zero-order valence-electron chi connectivity index (χ0n) is 11.1. The smallest absolute Gasteiger partial charge is 0.340 e. The molecule has 4 nitrogen and oxygen atoms in total. The first kappa shape index (κ1) is 14.1. The highest BCUT2D eigenvalue weighted by molar-refractivity contribution is 5.78. The Morgan fingerprint density at radius 1 is 1.10 bits per heavy atom. The van der Waals surface area contributed by atoms with Crippen LogP contribution in [-0.4, -0.2) is 16.2 Å². The van der Waals surface area contributed by atoms with Gasteiger partial charge in [0.25, 0.3) is 0 Å². The van der Waals surface area contributed by atoms with Gasteiger partial charge in [-0.05, 0) is 30.2 Å². The summed E-state index contributed by atoms with van der Waals surface area (Å²) in [5, 5.41) is 18.8. The van der Waals surface area contributed by atoms with Crippen molar-refractivity contribution < 1.29 is 19.7 Å². The maximum absolute atomic E-state index is 10.9. The summed E-state index contributed by atoms with van der Waals surface area (Å²) in [6.07, 6.45) is 0. The fourth-order valence-corrected chi connectivity index (χ4v) is 1.74. The summed E-state index contributed by atoms with van der Waals surface area (Å²) in [7, 11) is 0. The number of carboxylic acids is 1. The largest absolute Gasteiger partial charge is 0.489 e. The molecule has 104 valence electrons. The molecule has 0 aliphatic rings. The molecule has 0 spiro atoms. The molecule has 0 aromatic heterocycles. The van der Waals surface area contributed by atoms with Crippen LogP contribution in [0, 0.1) is 0 Å². The monoisotopic (exact) mass is 272 g/mol. The lowest BCUT2D eigenvalue weighted by atomic mass is 9.96. The second-order valence-electron chi connectivity index (χ2n) is 4.68. The van der Waals surface area contributed by atoms with Gasteiger partial charge in [0.2, 0.25) is 0 Å². The average Bonchev–Trinajstić information content (AvgIpc) is 2.46. The van der Waals surface area contributed by atoms with Crippen LogP contribution in [0.5, 0.6) is 5.75 Å². The highest BCUT2D eigenvalue weighted by Crippen LogP contribution is 2.23. The molecule has 2 rings (SSSR count). The number of hydrogen-bond donors (Lipinski definition) is 2. The highest BCUT2D eigenvalue weighted by Gasteiger charge is 2.31. The molecule has 0 unspecified atom stereocenters. The van der Waals surface area contributed by atoms with Gasteiger partial charge in [0, 0.05) is 0 Å². The minimum absolute atomic E-state index is 0.317. The third-order valence-corrected chi connectivity index (χ3v) is 3.08. The van der Waals surface area contributed by atoms with Crippen molar-refractivity contribution in [1.29, 1.82) is 0 Å². The lowest BCUT2D eigenvalue weighted by molar-refractivity contribution is -0.157. The van der Waals surface area contributed by atoms with Crippen LogP contribution in [0.2, 0.25) is 0 Å². The molecule has 4 heteroatoms. The maximum atomic E-state index is 10.9. The van der Waals surface area contributed by atoms with Crippen LogP contribution >= 0.6 is 0 Å². The number of hydrogen-bond acceptors (Lipinski definition) is 3. The summed E-state index contributed by atoms with van der Waals surface area (Å²) >= 11 is 0. The number of aliphatic carboxylic acids is 1. The lowest BCUT2D eigenvalue weighted by Crippen LogP contribution is -2.31. The molecule has 0 fully saturated rings. The quantitative estimate of drug-likeness (QED) is 0.877. The number of carboxylic acid groups (broad SMARTS) is 1. The van der Waals surface area contributed by atoms with Gasteiger partial charge in [-0.1, -0.05) is 42.5 Å². The normalized spacial score (nSPS) is 13.5. The highest BCUT2D eigenvalue weighted by atomic mass is 16.5. The van der Waals surface area contributed by atoms with Crippen molar-refractivity contribution in [3.8, 4) is 5.75 Å². The van der Waals surface area contributed by atoms with Gasteiger partial charge in [-0.3, -0.25) is 0 Å². The molecule has 0 aliphatic carbocycles. The third-order valence-electron chi connectivity index (χ3n) is 3.08. The maximum Gasteiger partial charge on any atom is 0.340 e. The van der Waals surface area contributed by atoms with Crippen LogP contribution in [0.25, 0.3) is 0 Å². The van der Waals surface area contributed by atoms with E-state index in [0.29, 0.717) is 17.9 Å². The SMILES string of the molecule is C[C@](O)(C(=O)O)c1ccc(OCc2ccccc2)cc1. The fourth-order valence-electron chi connectivity index (χ4n) is 1.74. The van der Waals surface area contributed by atoms with E-state index in [1.807, 2.05) is 30.3 Å². The van der Waals surface area contributed by atoms with E-state index in [0.717, 1.165) is 5.56 Å². The second-order valence-corrected chi connectivity index (χ2v) is 4.68. The molecular formula is C16H16O4. The first-order valence-corrected chi connectivity index (χ1v) is 6.23. The zero-order valence-corrected chi connectivity index (χ0v) is 11.1. The van der Waals surface area contributed by atoms with Gasteiger partial charge in [0.1, 0.15) is 12.4 Å². The minimum atomic E-state index is -1.89. The predicted molar refractivity (Wildman–Crippen MR) is 74.4 cm³/mol. The Kier molecular flexibility index (Phi) is 4.05. The number of rotatable bonds is 5. The molecule has 0 radical (unpaired) electrons. The van der Waals surface area contributed by atoms with Crippen LogP contribution in [0.4, 0.5) is 0 Å². The third kappa shape index (κ3) is 3.16. The fraction of sp³-hybridized carbons (Fsp3) is 0.188. The standard InChI is InChI=1S/C16H16O4/c1-16(19,15(17)18)13-7-9-14(10-8-13)20-11-12-5-3-2-4-6-12/h2-10,19H,11H2,1H3,(H,17,18)/t16-/m1/s1. The molecule has 1 atom stereocenters. The predicted octanol–water partition coefficient (Wildman–Crippen LogP) is 2.56. The van der Waals surface area contributed by atoms with Gasteiger partial charge in [-0.15, -0.1) is 0 Å². The summed E-state index contributed by atoms with van der Waals surface area (Å²) in [6, 6.07) is 16.1. The molecule has 0 aliphatic heterocycles. The van der Waals surface area contributed by atoms with Crippen LogP contribution in [0.15, 0.2) is 54.6 Å². The van der Waals surface area contributed by atoms with Crippen LogP contribution in [0.1, 0.15) is 18.1 Å². The molecule has 0 saturated heterocycles. The van der Waals surface area contributed by atoms with Crippen molar-refractivity contribution in [2.75, 3.05) is 0 Å². The molecule has 2 aromatic rings. The summed E-state index contributed by atoms with van der Waals surface area (Å²) in [6.45, 7) is 1.69. The zero-order chi connectivity index (χ0) is 14.6. The van der Waals surface area contributed by atoms with Crippen molar-refractivity contribution in [2.24, 2.45) is 0 Å². The first-order valence-electron chi connectivity index (χ1n) is 6.23. The molecule has 0 amide bonds. The molecule has 2 aromatic carbocycles. The van der Waals surface area contributed by atoms with E-state index >= 15 is 0 Å². The van der Waals surface area contributed by atoms with Crippen LogP contribution < -0.4 is 4.74 Å². The molecular weight excluding hydrogens is 256 g/mol. The van der Waals surface area contributed by atoms with E-state index in [4.69, 9.17) is 9.84 Å². The molecule has 0 heterocycles. The van der Waals surface area contributed by atoms with Crippen molar-refractivity contribution in [2.45, 2.75) is 19.1 Å². The number of carbonyl (C=O) groups is 1. The Hall–Kier alpha value is -2.33. The topological polar surface area (TPSA) is 66.8 Å². The number of aliphatic hydroxyl groups is 1. The minimum Gasteiger partial charge on any atom is -0.489 e. The second kappa shape index (κ2) is 5.75. The molecule has 20 heavy (non-hydrogen) atoms. The number of benzene rings is 2. The van der Waals surface area contributed by atoms with E-state index < -0.39 is 11.6 Å². The van der Waals surface area contributed by atoms with Crippen LogP contribution in [0.3, 0.4) is 0 Å². The first-order chi connectivity index (χ1) is 9.50. The average molecular weight is 272 g/mol. The Balaban J connectivity index is 2.04. The Morgan fingerprint density at radius 3 is 2.25 bits per heavy atom. The summed E-state index contributed by atoms with van der Waals surface area (Å²) in [5.41, 5.74) is -0.524. The molecule has 2 N–H and O–H groups in total. The summed E-state index contributed by atoms with van der Waals surface area (Å²) in [5.74, 6) is -0.658. The Labute approximate surface area is 117 Å². The molecule has 0 bridgehead atoms. The van der Waals surface area contributed by atoms with E-state index in [-0.39, 0.29) is 0 Å². The van der Waals surface area contributed by atoms with Gasteiger partial charge in [0.05, 0.1) is 0 Å². The van der Waals surface area contributed by atoms with Gasteiger partial charge in [-0.25, -0.2) is 4.79 Å². The van der Waals surface area contributed by atoms with Crippen molar-refractivity contribution >= 4 is 5.97 Å². The van der Waals surface area contributed by atoms with Crippen molar-refractivity contribution in [1.82, 2.24) is 0 Å². The van der Waals surface area contributed by atoms with E-state index in [1.165, 1.54) is 6.92 Å². The van der Waals surface area contributed by atoms with Gasteiger partial charge in [0.15, 0.2) is 5.60 Å². The van der Waals surface area contributed by atoms with Gasteiger partial charge < -0.3 is 14.9 Å². The number of ether oxygens (including phenoxy) is 1. The van der Waals surface area contributed by atoms with Gasteiger partial charge in [-0.2, -0.15) is 0 Å². The lowest BCUT2D eigenvalue weighted by Gasteiger charge is -2.18. The van der Waals surface area contributed by atoms with E-state index in [1.54, 1.807) is 24.3 Å². The Bertz CT molecular complexity index is 573. The Morgan fingerprint density at radius 2 is 1.70 bits per heavy atom. The summed E-state index contributed by atoms with van der Waals surface area (Å²) < 4.78 is 5.59. The van der Waals surface area contributed by atoms with Gasteiger partial charge >= 0.3 is 5.97 Å². The summed E-state index contributed by atoms with van der Waals surface area (Å²) in [4.78, 5) is 10.9. The van der Waals surface area contributed by atoms with E-state index in [2.05, 4.69) is 0 Å².